The molecule has 3 heterocycles. The number of carbonyl (C=O) groups is 1. The van der Waals surface area contributed by atoms with Crippen molar-refractivity contribution in [1.82, 2.24) is 4.98 Å². The van der Waals surface area contributed by atoms with E-state index in [9.17, 15) is 4.79 Å². The Bertz CT molecular complexity index is 636. The molecule has 0 N–H and O–H groups in total. The monoisotopic (exact) mass is 274 g/mol. The van der Waals surface area contributed by atoms with Crippen LogP contribution in [0.3, 0.4) is 0 Å². The van der Waals surface area contributed by atoms with Crippen LogP contribution in [0.4, 0.5) is 5.69 Å². The Balaban J connectivity index is 2.02. The Morgan fingerprint density at radius 3 is 3.05 bits per heavy atom. The molecule has 98 valence electrons. The fraction of sp³-hybridized carbons (Fsp3) is 0.286. The molecular weight excluding hydrogens is 260 g/mol. The molecule has 3 rings (SSSR count). The molecule has 0 aliphatic carbocycles. The second-order valence-corrected chi connectivity index (χ2v) is 5.49. The summed E-state index contributed by atoms with van der Waals surface area (Å²) in [4.78, 5) is 19.4. The lowest BCUT2D eigenvalue weighted by Crippen LogP contribution is -2.38. The minimum Gasteiger partial charge on any atom is -0.474 e. The van der Waals surface area contributed by atoms with Crippen LogP contribution in [0.5, 0.6) is 5.88 Å². The SMILES string of the molecule is Cc1cnc2c(c1)N(C(=O)c1sccc1C)CCO2. The average Bonchev–Trinajstić information content (AvgIpc) is 2.83. The number of thiophene rings is 1. The molecule has 0 aromatic carbocycles. The van der Waals surface area contributed by atoms with Gasteiger partial charge in [0, 0.05) is 6.20 Å². The highest BCUT2D eigenvalue weighted by atomic mass is 32.1. The molecule has 0 spiro atoms. The molecule has 1 amide bonds. The van der Waals surface area contributed by atoms with Crippen molar-refractivity contribution in [3.8, 4) is 5.88 Å². The molecule has 2 aromatic rings. The Labute approximate surface area is 115 Å². The molecule has 0 bridgehead atoms. The maximum atomic E-state index is 12.6. The molecule has 5 heteroatoms. The molecule has 0 fully saturated rings. The number of pyridine rings is 1. The Morgan fingerprint density at radius 1 is 1.47 bits per heavy atom. The van der Waals surface area contributed by atoms with Gasteiger partial charge in [-0.2, -0.15) is 0 Å². The van der Waals surface area contributed by atoms with Crippen LogP contribution in [0.15, 0.2) is 23.7 Å². The quantitative estimate of drug-likeness (QED) is 0.803. The normalized spacial score (nSPS) is 13.9. The molecular formula is C14H14N2O2S. The van der Waals surface area contributed by atoms with Crippen LogP contribution >= 0.6 is 11.3 Å². The second kappa shape index (κ2) is 4.66. The number of hydrogen-bond acceptors (Lipinski definition) is 4. The summed E-state index contributed by atoms with van der Waals surface area (Å²) in [6, 6.07) is 3.91. The maximum Gasteiger partial charge on any atom is 0.268 e. The van der Waals surface area contributed by atoms with E-state index in [1.807, 2.05) is 31.4 Å². The number of aromatic nitrogens is 1. The van der Waals surface area contributed by atoms with Gasteiger partial charge in [-0.1, -0.05) is 0 Å². The summed E-state index contributed by atoms with van der Waals surface area (Å²) in [5.41, 5.74) is 2.80. The predicted octanol–water partition coefficient (Wildman–Crippen LogP) is 2.80. The van der Waals surface area contributed by atoms with E-state index in [1.165, 1.54) is 11.3 Å². The summed E-state index contributed by atoms with van der Waals surface area (Å²) in [5, 5.41) is 1.94. The van der Waals surface area contributed by atoms with E-state index < -0.39 is 0 Å². The van der Waals surface area contributed by atoms with E-state index >= 15 is 0 Å². The van der Waals surface area contributed by atoms with Crippen molar-refractivity contribution in [3.63, 3.8) is 0 Å². The predicted molar refractivity (Wildman–Crippen MR) is 75.2 cm³/mol. The van der Waals surface area contributed by atoms with E-state index in [-0.39, 0.29) is 5.91 Å². The number of nitrogens with zero attached hydrogens (tertiary/aromatic N) is 2. The second-order valence-electron chi connectivity index (χ2n) is 4.57. The van der Waals surface area contributed by atoms with Gasteiger partial charge in [0.05, 0.1) is 11.4 Å². The van der Waals surface area contributed by atoms with Gasteiger partial charge in [-0.3, -0.25) is 9.69 Å². The fourth-order valence-corrected chi connectivity index (χ4v) is 3.00. The standard InChI is InChI=1S/C14H14N2O2S/c1-9-7-11-13(15-8-9)18-5-4-16(11)14(17)12-10(2)3-6-19-12/h3,6-8H,4-5H2,1-2H3. The Kier molecular flexibility index (Phi) is 2.98. The van der Waals surface area contributed by atoms with E-state index in [0.29, 0.717) is 19.0 Å². The van der Waals surface area contributed by atoms with Gasteiger partial charge in [-0.25, -0.2) is 4.98 Å². The molecule has 4 nitrogen and oxygen atoms in total. The minimum atomic E-state index is 0.0319. The van der Waals surface area contributed by atoms with Crippen molar-refractivity contribution in [3.05, 3.63) is 39.7 Å². The molecule has 1 aliphatic rings. The first kappa shape index (κ1) is 12.2. The molecule has 2 aromatic heterocycles. The van der Waals surface area contributed by atoms with Crippen molar-refractivity contribution >= 4 is 22.9 Å². The van der Waals surface area contributed by atoms with Gasteiger partial charge in [0.15, 0.2) is 0 Å². The van der Waals surface area contributed by atoms with E-state index in [2.05, 4.69) is 4.98 Å². The van der Waals surface area contributed by atoms with Crippen LogP contribution in [-0.4, -0.2) is 24.0 Å². The zero-order valence-corrected chi connectivity index (χ0v) is 11.7. The molecule has 0 radical (unpaired) electrons. The number of carbonyl (C=O) groups excluding carboxylic acids is 1. The third-order valence-electron chi connectivity index (χ3n) is 3.11. The van der Waals surface area contributed by atoms with Crippen molar-refractivity contribution in [2.75, 3.05) is 18.1 Å². The Morgan fingerprint density at radius 2 is 2.32 bits per heavy atom. The van der Waals surface area contributed by atoms with E-state index in [1.54, 1.807) is 11.1 Å². The van der Waals surface area contributed by atoms with Gasteiger partial charge >= 0.3 is 0 Å². The number of ether oxygens (including phenoxy) is 1. The van der Waals surface area contributed by atoms with E-state index in [0.717, 1.165) is 21.7 Å². The summed E-state index contributed by atoms with van der Waals surface area (Å²) < 4.78 is 5.50. The summed E-state index contributed by atoms with van der Waals surface area (Å²) in [7, 11) is 0. The number of fused-ring (bicyclic) bond motifs is 1. The topological polar surface area (TPSA) is 42.4 Å². The fourth-order valence-electron chi connectivity index (χ4n) is 2.13. The molecule has 0 saturated heterocycles. The van der Waals surface area contributed by atoms with Gasteiger partial charge in [0.2, 0.25) is 5.88 Å². The number of anilines is 1. The van der Waals surface area contributed by atoms with Gasteiger partial charge in [0.25, 0.3) is 5.91 Å². The number of rotatable bonds is 1. The summed E-state index contributed by atoms with van der Waals surface area (Å²) in [6.07, 6.45) is 1.75. The lowest BCUT2D eigenvalue weighted by Gasteiger charge is -2.28. The van der Waals surface area contributed by atoms with Gasteiger partial charge in [-0.15, -0.1) is 11.3 Å². The molecule has 1 aliphatic heterocycles. The van der Waals surface area contributed by atoms with Crippen LogP contribution in [0.2, 0.25) is 0 Å². The molecule has 0 atom stereocenters. The number of aryl methyl sites for hydroxylation is 2. The zero-order valence-electron chi connectivity index (χ0n) is 10.8. The van der Waals surface area contributed by atoms with Crippen LogP contribution in [0, 0.1) is 13.8 Å². The lowest BCUT2D eigenvalue weighted by molar-refractivity contribution is 0.0979. The highest BCUT2D eigenvalue weighted by Crippen LogP contribution is 2.32. The van der Waals surface area contributed by atoms with Crippen LogP contribution in [-0.2, 0) is 0 Å². The highest BCUT2D eigenvalue weighted by Gasteiger charge is 2.27. The summed E-state index contributed by atoms with van der Waals surface area (Å²) in [5.74, 6) is 0.573. The van der Waals surface area contributed by atoms with Crippen LogP contribution in [0.25, 0.3) is 0 Å². The summed E-state index contributed by atoms with van der Waals surface area (Å²) in [6.45, 7) is 4.97. The third kappa shape index (κ3) is 2.10. The Hall–Kier alpha value is -1.88. The average molecular weight is 274 g/mol. The highest BCUT2D eigenvalue weighted by molar-refractivity contribution is 7.12. The zero-order chi connectivity index (χ0) is 13.4. The lowest BCUT2D eigenvalue weighted by atomic mass is 10.2. The molecule has 19 heavy (non-hydrogen) atoms. The smallest absolute Gasteiger partial charge is 0.268 e. The van der Waals surface area contributed by atoms with Crippen molar-refractivity contribution in [2.45, 2.75) is 13.8 Å². The third-order valence-corrected chi connectivity index (χ3v) is 4.12. The summed E-state index contributed by atoms with van der Waals surface area (Å²) >= 11 is 1.48. The first-order chi connectivity index (χ1) is 9.16. The first-order valence-electron chi connectivity index (χ1n) is 6.12. The molecule has 0 unspecified atom stereocenters. The maximum absolute atomic E-state index is 12.6. The van der Waals surface area contributed by atoms with Crippen LogP contribution in [0.1, 0.15) is 20.8 Å². The first-order valence-corrected chi connectivity index (χ1v) is 7.00. The van der Waals surface area contributed by atoms with Crippen molar-refractivity contribution < 1.29 is 9.53 Å². The van der Waals surface area contributed by atoms with Gasteiger partial charge < -0.3 is 4.74 Å². The van der Waals surface area contributed by atoms with Crippen molar-refractivity contribution in [1.29, 1.82) is 0 Å². The largest absolute Gasteiger partial charge is 0.474 e. The van der Waals surface area contributed by atoms with Gasteiger partial charge in [0.1, 0.15) is 12.3 Å². The van der Waals surface area contributed by atoms with Crippen LogP contribution < -0.4 is 9.64 Å². The number of amides is 1. The number of hydrogen-bond donors (Lipinski definition) is 0. The van der Waals surface area contributed by atoms with E-state index in [4.69, 9.17) is 4.74 Å². The van der Waals surface area contributed by atoms with Gasteiger partial charge in [-0.05, 0) is 42.5 Å². The van der Waals surface area contributed by atoms with Crippen molar-refractivity contribution in [2.24, 2.45) is 0 Å². The molecule has 0 saturated carbocycles. The minimum absolute atomic E-state index is 0.0319.